The van der Waals surface area contributed by atoms with E-state index in [1.807, 2.05) is 0 Å². The highest BCUT2D eigenvalue weighted by molar-refractivity contribution is 6.82. The Hall–Kier alpha value is 0.234. The number of rotatable bonds is 12. The van der Waals surface area contributed by atoms with E-state index in [9.17, 15) is 10.2 Å². The molecule has 0 aliphatic carbocycles. The summed E-state index contributed by atoms with van der Waals surface area (Å²) in [6.45, 7) is 14.8. The third kappa shape index (κ3) is 9.96. The van der Waals surface area contributed by atoms with Crippen LogP contribution in [0.2, 0.25) is 31.7 Å². The number of hydrogen-bond acceptors (Lipinski definition) is 5. The summed E-state index contributed by atoms with van der Waals surface area (Å²) in [5.74, 6) is 0.537. The summed E-state index contributed by atoms with van der Waals surface area (Å²) in [6, 6.07) is 1.88. The van der Waals surface area contributed by atoms with Crippen molar-refractivity contribution in [3.05, 3.63) is 0 Å². The fraction of sp³-hybridized carbons (Fsp3) is 1.00. The van der Waals surface area contributed by atoms with Gasteiger partial charge in [0.1, 0.15) is 5.60 Å². The van der Waals surface area contributed by atoms with Crippen molar-refractivity contribution in [1.29, 1.82) is 0 Å². The molecule has 0 saturated heterocycles. The first kappa shape index (κ1) is 23.2. The highest BCUT2D eigenvalue weighted by atomic mass is 28.4. The van der Waals surface area contributed by atoms with E-state index in [-0.39, 0.29) is 6.61 Å². The summed E-state index contributed by atoms with van der Waals surface area (Å²) < 4.78 is 17.9. The Labute approximate surface area is 144 Å². The van der Waals surface area contributed by atoms with E-state index in [4.69, 9.17) is 13.3 Å². The van der Waals surface area contributed by atoms with Crippen LogP contribution < -0.4 is 0 Å². The first-order valence-electron chi connectivity index (χ1n) is 8.57. The van der Waals surface area contributed by atoms with Crippen molar-refractivity contribution >= 4 is 16.9 Å². The van der Waals surface area contributed by atoms with Crippen LogP contribution in [-0.2, 0) is 13.3 Å². The van der Waals surface area contributed by atoms with Crippen LogP contribution in [0.15, 0.2) is 0 Å². The second-order valence-electron chi connectivity index (χ2n) is 8.12. The van der Waals surface area contributed by atoms with E-state index in [0.717, 1.165) is 18.5 Å². The molecular weight excluding hydrogens is 328 g/mol. The Kier molecular flexibility index (Phi) is 9.75. The number of ether oxygens (including phenoxy) is 1. The monoisotopic (exact) mass is 366 g/mol. The zero-order chi connectivity index (χ0) is 18.3. The maximum atomic E-state index is 9.96. The van der Waals surface area contributed by atoms with Crippen LogP contribution >= 0.6 is 0 Å². The predicted molar refractivity (Wildman–Crippen MR) is 99.4 cm³/mol. The average Bonchev–Trinajstić information content (AvgIpc) is 2.35. The van der Waals surface area contributed by atoms with Crippen LogP contribution in [0.1, 0.15) is 34.1 Å². The zero-order valence-corrected chi connectivity index (χ0v) is 18.3. The first-order valence-corrected chi connectivity index (χ1v) is 14.2. The Morgan fingerprint density at radius 1 is 1.13 bits per heavy atom. The van der Waals surface area contributed by atoms with Crippen molar-refractivity contribution in [3.8, 4) is 0 Å². The van der Waals surface area contributed by atoms with Crippen LogP contribution in [0.25, 0.3) is 0 Å². The van der Waals surface area contributed by atoms with Gasteiger partial charge in [-0.2, -0.15) is 0 Å². The standard InChI is InChI=1S/C16H38O5Si2/c1-14(2)12-23(19-5,21-22(6,7)8)11-9-10-20-13-16(4,18)15(3)17/h14-15,17-18H,9-13H2,1-8H3. The van der Waals surface area contributed by atoms with Gasteiger partial charge >= 0.3 is 8.56 Å². The lowest BCUT2D eigenvalue weighted by atomic mass is 10.0. The molecule has 3 unspecified atom stereocenters. The van der Waals surface area contributed by atoms with Crippen molar-refractivity contribution in [3.63, 3.8) is 0 Å². The first-order chi connectivity index (χ1) is 10.3. The van der Waals surface area contributed by atoms with E-state index in [1.165, 1.54) is 0 Å². The van der Waals surface area contributed by atoms with Gasteiger partial charge in [-0.15, -0.1) is 0 Å². The van der Waals surface area contributed by atoms with Crippen LogP contribution in [0, 0.1) is 5.92 Å². The average molecular weight is 367 g/mol. The van der Waals surface area contributed by atoms with Gasteiger partial charge in [-0.25, -0.2) is 0 Å². The SMILES string of the molecule is CO[Si](CCCOCC(C)(O)C(C)O)(CC(C)C)O[Si](C)(C)C. The van der Waals surface area contributed by atoms with Gasteiger partial charge in [0.25, 0.3) is 0 Å². The normalized spacial score (nSPS) is 19.4. The van der Waals surface area contributed by atoms with Gasteiger partial charge in [0.15, 0.2) is 8.32 Å². The van der Waals surface area contributed by atoms with Gasteiger partial charge in [0.2, 0.25) is 0 Å². The fourth-order valence-electron chi connectivity index (χ4n) is 2.44. The van der Waals surface area contributed by atoms with E-state index in [1.54, 1.807) is 21.0 Å². The summed E-state index contributed by atoms with van der Waals surface area (Å²) >= 11 is 0. The molecule has 0 aliphatic heterocycles. The molecule has 0 heterocycles. The lowest BCUT2D eigenvalue weighted by Crippen LogP contribution is -2.50. The molecule has 3 atom stereocenters. The summed E-state index contributed by atoms with van der Waals surface area (Å²) in [7, 11) is -2.12. The lowest BCUT2D eigenvalue weighted by Gasteiger charge is -2.36. The van der Waals surface area contributed by atoms with Crippen molar-refractivity contribution in [2.45, 2.75) is 77.6 Å². The van der Waals surface area contributed by atoms with Gasteiger partial charge in [-0.1, -0.05) is 13.8 Å². The molecule has 0 aromatic heterocycles. The molecular formula is C16H38O5Si2. The third-order valence-electron chi connectivity index (χ3n) is 3.72. The minimum Gasteiger partial charge on any atom is -0.436 e. The number of aliphatic hydroxyl groups excluding tert-OH is 1. The second-order valence-corrected chi connectivity index (χ2v) is 16.3. The molecule has 2 N–H and O–H groups in total. The molecule has 0 spiro atoms. The fourth-order valence-corrected chi connectivity index (χ4v) is 10.5. The van der Waals surface area contributed by atoms with E-state index in [2.05, 4.69) is 33.5 Å². The van der Waals surface area contributed by atoms with Crippen molar-refractivity contribution < 1.29 is 23.5 Å². The Morgan fingerprint density at radius 2 is 1.70 bits per heavy atom. The molecule has 0 saturated carbocycles. The highest BCUT2D eigenvalue weighted by Gasteiger charge is 2.40. The quantitative estimate of drug-likeness (QED) is 0.410. The van der Waals surface area contributed by atoms with Crippen LogP contribution in [0.5, 0.6) is 0 Å². The topological polar surface area (TPSA) is 68.2 Å². The van der Waals surface area contributed by atoms with Gasteiger partial charge in [0.05, 0.1) is 12.7 Å². The number of hydrogen-bond donors (Lipinski definition) is 2. The Bertz CT molecular complexity index is 329. The molecule has 0 radical (unpaired) electrons. The van der Waals surface area contributed by atoms with Crippen molar-refractivity contribution in [2.75, 3.05) is 20.3 Å². The Balaban J connectivity index is 4.51. The molecule has 5 nitrogen and oxygen atoms in total. The van der Waals surface area contributed by atoms with E-state index in [0.29, 0.717) is 12.5 Å². The summed E-state index contributed by atoms with van der Waals surface area (Å²) in [5.41, 5.74) is -1.21. The molecule has 140 valence electrons. The zero-order valence-electron chi connectivity index (χ0n) is 16.3. The minimum atomic E-state index is -2.22. The minimum absolute atomic E-state index is 0.130. The molecule has 0 bridgehead atoms. The van der Waals surface area contributed by atoms with Crippen LogP contribution in [-0.4, -0.2) is 59.1 Å². The maximum Gasteiger partial charge on any atom is 0.327 e. The van der Waals surface area contributed by atoms with Crippen molar-refractivity contribution in [1.82, 2.24) is 0 Å². The van der Waals surface area contributed by atoms with Crippen molar-refractivity contribution in [2.24, 2.45) is 5.92 Å². The second kappa shape index (κ2) is 9.65. The van der Waals surface area contributed by atoms with Crippen LogP contribution in [0.3, 0.4) is 0 Å². The van der Waals surface area contributed by atoms with Gasteiger partial charge in [0, 0.05) is 13.7 Å². The third-order valence-corrected chi connectivity index (χ3v) is 11.0. The molecule has 0 fully saturated rings. The highest BCUT2D eigenvalue weighted by Crippen LogP contribution is 2.28. The predicted octanol–water partition coefficient (Wildman–Crippen LogP) is 3.12. The molecule has 0 amide bonds. The molecule has 23 heavy (non-hydrogen) atoms. The summed E-state index contributed by atoms with van der Waals surface area (Å²) in [4.78, 5) is 0. The van der Waals surface area contributed by atoms with E-state index < -0.39 is 28.6 Å². The molecule has 7 heteroatoms. The molecule has 0 rings (SSSR count). The molecule has 0 aromatic rings. The number of aliphatic hydroxyl groups is 2. The van der Waals surface area contributed by atoms with Crippen LogP contribution in [0.4, 0.5) is 0 Å². The summed E-state index contributed by atoms with van der Waals surface area (Å²) in [5, 5.41) is 19.4. The maximum absolute atomic E-state index is 9.96. The van der Waals surface area contributed by atoms with Gasteiger partial charge < -0.3 is 23.5 Å². The molecule has 0 aromatic carbocycles. The lowest BCUT2D eigenvalue weighted by molar-refractivity contribution is -0.102. The van der Waals surface area contributed by atoms with E-state index >= 15 is 0 Å². The molecule has 0 aliphatic rings. The van der Waals surface area contributed by atoms with Gasteiger partial charge in [-0.05, 0) is 57.9 Å². The summed E-state index contributed by atoms with van der Waals surface area (Å²) in [6.07, 6.45) is 0.0266. The van der Waals surface area contributed by atoms with Gasteiger partial charge in [-0.3, -0.25) is 0 Å². The largest absolute Gasteiger partial charge is 0.436 e. The Morgan fingerprint density at radius 3 is 2.09 bits per heavy atom. The smallest absolute Gasteiger partial charge is 0.327 e.